The Morgan fingerprint density at radius 3 is 2.30 bits per heavy atom. The van der Waals surface area contributed by atoms with Crippen LogP contribution in [0.5, 0.6) is 0 Å². The quantitative estimate of drug-likeness (QED) is 0.224. The van der Waals surface area contributed by atoms with Gasteiger partial charge in [-0.2, -0.15) is 0 Å². The average Bonchev–Trinajstić information content (AvgIpc) is 2.89. The first kappa shape index (κ1) is 31.9. The fourth-order valence-electron chi connectivity index (χ4n) is 4.17. The first-order valence-electron chi connectivity index (χ1n) is 12.8. The van der Waals surface area contributed by atoms with Crippen LogP contribution in [0, 0.1) is 0 Å². The predicted molar refractivity (Wildman–Crippen MR) is 165 cm³/mol. The van der Waals surface area contributed by atoms with Gasteiger partial charge in [0.1, 0.15) is 12.6 Å². The second-order valence-electron chi connectivity index (χ2n) is 9.37. The number of halogens is 3. The van der Waals surface area contributed by atoms with E-state index in [1.165, 1.54) is 23.1 Å². The number of anilines is 1. The van der Waals surface area contributed by atoms with Gasteiger partial charge < -0.3 is 10.2 Å². The average molecular weight is 669 g/mol. The van der Waals surface area contributed by atoms with Crippen LogP contribution in [0.25, 0.3) is 0 Å². The lowest BCUT2D eigenvalue weighted by atomic mass is 10.0. The van der Waals surface area contributed by atoms with Crippen LogP contribution in [-0.4, -0.2) is 50.5 Å². The molecule has 1 N–H and O–H groups in total. The number of sulfonamides is 1. The van der Waals surface area contributed by atoms with Gasteiger partial charge >= 0.3 is 0 Å². The fourth-order valence-corrected chi connectivity index (χ4v) is 6.04. The van der Waals surface area contributed by atoms with Crippen LogP contribution >= 0.6 is 39.1 Å². The molecule has 3 aromatic rings. The number of amides is 2. The van der Waals surface area contributed by atoms with Gasteiger partial charge in [-0.05, 0) is 47.9 Å². The summed E-state index contributed by atoms with van der Waals surface area (Å²) in [7, 11) is -3.93. The molecule has 1 unspecified atom stereocenters. The molecule has 0 aliphatic carbocycles. The van der Waals surface area contributed by atoms with E-state index in [1.807, 2.05) is 61.5 Å². The zero-order valence-corrected chi connectivity index (χ0v) is 26.2. The Hall–Kier alpha value is -2.59. The maximum atomic E-state index is 14.1. The molecule has 3 rings (SSSR count). The number of rotatable bonds is 13. The lowest BCUT2D eigenvalue weighted by Gasteiger charge is -2.33. The normalized spacial score (nSPS) is 12.0. The summed E-state index contributed by atoms with van der Waals surface area (Å²) in [5.41, 5.74) is 1.76. The zero-order chi connectivity index (χ0) is 29.3. The first-order chi connectivity index (χ1) is 19.0. The molecule has 0 heterocycles. The second kappa shape index (κ2) is 14.9. The van der Waals surface area contributed by atoms with E-state index < -0.39 is 28.5 Å². The third-order valence-electron chi connectivity index (χ3n) is 6.20. The molecule has 0 radical (unpaired) electrons. The fraction of sp³-hybridized carbons (Fsp3) is 0.310. The predicted octanol–water partition coefficient (Wildman–Crippen LogP) is 6.08. The molecule has 3 aromatic carbocycles. The van der Waals surface area contributed by atoms with E-state index in [0.717, 1.165) is 39.0 Å². The summed E-state index contributed by atoms with van der Waals surface area (Å²) >= 11 is 15.8. The monoisotopic (exact) mass is 667 g/mol. The van der Waals surface area contributed by atoms with Gasteiger partial charge in [0.05, 0.1) is 17.0 Å². The molecule has 0 bridgehead atoms. The van der Waals surface area contributed by atoms with Crippen LogP contribution < -0.4 is 9.62 Å². The van der Waals surface area contributed by atoms with Crippen LogP contribution in [0.4, 0.5) is 5.69 Å². The SMILES string of the molecule is CCCCNC(=O)C(Cc1ccccc1)N(Cc1cccc(Br)c1)C(=O)CN(c1ccc(Cl)cc1Cl)S(C)(=O)=O. The lowest BCUT2D eigenvalue weighted by Crippen LogP contribution is -2.53. The van der Waals surface area contributed by atoms with Crippen LogP contribution in [0.2, 0.25) is 10.0 Å². The Labute approximate surface area is 254 Å². The summed E-state index contributed by atoms with van der Waals surface area (Å²) in [6.07, 6.45) is 2.94. The van der Waals surface area contributed by atoms with Crippen LogP contribution in [0.15, 0.2) is 77.3 Å². The van der Waals surface area contributed by atoms with Gasteiger partial charge in [0.15, 0.2) is 0 Å². The highest BCUT2D eigenvalue weighted by Crippen LogP contribution is 2.30. The summed E-state index contributed by atoms with van der Waals surface area (Å²) in [5.74, 6) is -0.862. The van der Waals surface area contributed by atoms with Gasteiger partial charge in [-0.3, -0.25) is 13.9 Å². The molecule has 0 aliphatic rings. The smallest absolute Gasteiger partial charge is 0.244 e. The van der Waals surface area contributed by atoms with E-state index in [9.17, 15) is 18.0 Å². The number of benzene rings is 3. The largest absolute Gasteiger partial charge is 0.354 e. The van der Waals surface area contributed by atoms with Gasteiger partial charge in [0.25, 0.3) is 0 Å². The zero-order valence-electron chi connectivity index (χ0n) is 22.3. The molecule has 0 saturated carbocycles. The van der Waals surface area contributed by atoms with Crippen molar-refractivity contribution in [1.29, 1.82) is 0 Å². The Morgan fingerprint density at radius 1 is 0.975 bits per heavy atom. The Balaban J connectivity index is 2.05. The molecule has 0 aromatic heterocycles. The van der Waals surface area contributed by atoms with Crippen molar-refractivity contribution < 1.29 is 18.0 Å². The van der Waals surface area contributed by atoms with Crippen molar-refractivity contribution in [2.24, 2.45) is 0 Å². The van der Waals surface area contributed by atoms with Gasteiger partial charge in [0.2, 0.25) is 21.8 Å². The molecular formula is C29H32BrCl2N3O4S. The lowest BCUT2D eigenvalue weighted by molar-refractivity contribution is -0.140. The Kier molecular flexibility index (Phi) is 11.9. The molecule has 214 valence electrons. The highest BCUT2D eigenvalue weighted by atomic mass is 79.9. The minimum Gasteiger partial charge on any atom is -0.354 e. The van der Waals surface area contributed by atoms with E-state index in [-0.39, 0.29) is 29.6 Å². The molecule has 40 heavy (non-hydrogen) atoms. The number of carbonyl (C=O) groups excluding carboxylic acids is 2. The van der Waals surface area contributed by atoms with E-state index >= 15 is 0 Å². The summed E-state index contributed by atoms with van der Waals surface area (Å²) < 4.78 is 27.5. The third kappa shape index (κ3) is 9.23. The minimum absolute atomic E-state index is 0.0856. The Bertz CT molecular complexity index is 1420. The van der Waals surface area contributed by atoms with Crippen molar-refractivity contribution in [3.8, 4) is 0 Å². The number of nitrogens with zero attached hydrogens (tertiary/aromatic N) is 2. The molecular weight excluding hydrogens is 637 g/mol. The molecule has 7 nitrogen and oxygen atoms in total. The van der Waals surface area contributed by atoms with E-state index in [0.29, 0.717) is 11.6 Å². The topological polar surface area (TPSA) is 86.8 Å². The van der Waals surface area contributed by atoms with Gasteiger partial charge in [-0.15, -0.1) is 0 Å². The van der Waals surface area contributed by atoms with Gasteiger partial charge in [0, 0.05) is 29.0 Å². The molecule has 0 aliphatic heterocycles. The summed E-state index contributed by atoms with van der Waals surface area (Å²) in [5, 5.41) is 3.37. The van der Waals surface area contributed by atoms with Crippen molar-refractivity contribution in [3.05, 3.63) is 98.4 Å². The maximum absolute atomic E-state index is 14.1. The summed E-state index contributed by atoms with van der Waals surface area (Å²) in [6.45, 7) is 2.03. The third-order valence-corrected chi connectivity index (χ3v) is 8.36. The summed E-state index contributed by atoms with van der Waals surface area (Å²) in [6, 6.07) is 20.3. The maximum Gasteiger partial charge on any atom is 0.244 e. The van der Waals surface area contributed by atoms with Gasteiger partial charge in [-0.1, -0.05) is 94.9 Å². The van der Waals surface area contributed by atoms with Crippen LogP contribution in [-0.2, 0) is 32.6 Å². The number of hydrogen-bond donors (Lipinski definition) is 1. The second-order valence-corrected chi connectivity index (χ2v) is 13.0. The minimum atomic E-state index is -3.93. The first-order valence-corrected chi connectivity index (χ1v) is 16.2. The molecule has 11 heteroatoms. The molecule has 1 atom stereocenters. The molecule has 2 amide bonds. The van der Waals surface area contributed by atoms with E-state index in [4.69, 9.17) is 23.2 Å². The summed E-state index contributed by atoms with van der Waals surface area (Å²) in [4.78, 5) is 29.1. The van der Waals surface area contributed by atoms with Crippen molar-refractivity contribution >= 4 is 66.7 Å². The van der Waals surface area contributed by atoms with Gasteiger partial charge in [-0.25, -0.2) is 8.42 Å². The van der Waals surface area contributed by atoms with E-state index in [2.05, 4.69) is 21.2 Å². The molecule has 0 spiro atoms. The number of unbranched alkanes of at least 4 members (excludes halogenated alkanes) is 1. The van der Waals surface area contributed by atoms with Crippen molar-refractivity contribution in [2.45, 2.75) is 38.8 Å². The number of carbonyl (C=O) groups is 2. The number of hydrogen-bond acceptors (Lipinski definition) is 4. The highest BCUT2D eigenvalue weighted by molar-refractivity contribution is 9.10. The standard InChI is InChI=1S/C29H32BrCl2N3O4S/c1-3-4-15-33-29(37)27(17-21-9-6-5-7-10-21)34(19-22-11-8-12-23(30)16-22)28(36)20-35(40(2,38)39)26-14-13-24(31)18-25(26)32/h5-14,16,18,27H,3-4,15,17,19-20H2,1-2H3,(H,33,37). The van der Waals surface area contributed by atoms with Crippen molar-refractivity contribution in [1.82, 2.24) is 10.2 Å². The van der Waals surface area contributed by atoms with Crippen molar-refractivity contribution in [2.75, 3.05) is 23.7 Å². The Morgan fingerprint density at radius 2 is 1.68 bits per heavy atom. The number of nitrogens with one attached hydrogen (secondary N) is 1. The van der Waals surface area contributed by atoms with Crippen molar-refractivity contribution in [3.63, 3.8) is 0 Å². The highest BCUT2D eigenvalue weighted by Gasteiger charge is 2.33. The van der Waals surface area contributed by atoms with E-state index in [1.54, 1.807) is 0 Å². The molecule has 0 saturated heterocycles. The molecule has 0 fully saturated rings. The van der Waals surface area contributed by atoms with Crippen LogP contribution in [0.1, 0.15) is 30.9 Å². The van der Waals surface area contributed by atoms with Crippen LogP contribution in [0.3, 0.4) is 0 Å².